The summed E-state index contributed by atoms with van der Waals surface area (Å²) < 4.78 is 12.6. The molecule has 0 amide bonds. The van der Waals surface area contributed by atoms with E-state index in [1.165, 1.54) is 58.8 Å². The number of unbranched alkanes of at least 4 members (excludes halogenated alkanes) is 3. The third-order valence-electron chi connectivity index (χ3n) is 5.63. The molecule has 0 saturated heterocycles. The molecule has 0 aliphatic rings. The predicted molar refractivity (Wildman–Crippen MR) is 124 cm³/mol. The van der Waals surface area contributed by atoms with Crippen LogP contribution in [0, 0.1) is 11.3 Å². The molecular formula is C25H39NO2Sn. The molecule has 1 atom stereocenters. The number of carbonyl (C=O) groups is 1. The maximum absolute atomic E-state index is 11.6. The van der Waals surface area contributed by atoms with E-state index in [-0.39, 0.29) is 12.1 Å². The molecule has 29 heavy (non-hydrogen) atoms. The Kier molecular flexibility index (Phi) is 13.0. The Morgan fingerprint density at radius 2 is 1.55 bits per heavy atom. The summed E-state index contributed by atoms with van der Waals surface area (Å²) in [7, 11) is 0. The average Bonchev–Trinajstić information content (AvgIpc) is 2.73. The van der Waals surface area contributed by atoms with Crippen molar-refractivity contribution < 1.29 is 9.53 Å². The zero-order chi connectivity index (χ0) is 21.5. The molecule has 0 spiro atoms. The van der Waals surface area contributed by atoms with Gasteiger partial charge in [-0.2, -0.15) is 0 Å². The zero-order valence-electron chi connectivity index (χ0n) is 18.9. The number of rotatable bonds is 14. The number of esters is 1. The van der Waals surface area contributed by atoms with Gasteiger partial charge in [0.05, 0.1) is 0 Å². The Morgan fingerprint density at radius 1 is 1.03 bits per heavy atom. The summed E-state index contributed by atoms with van der Waals surface area (Å²) in [6.45, 7) is 8.35. The molecule has 0 fully saturated rings. The predicted octanol–water partition coefficient (Wildman–Crippen LogP) is 7.50. The summed E-state index contributed by atoms with van der Waals surface area (Å²) in [4.78, 5) is 11.6. The third-order valence-corrected chi connectivity index (χ3v) is 19.9. The molecule has 0 N–H and O–H groups in total. The second-order valence-corrected chi connectivity index (χ2v) is 21.2. The van der Waals surface area contributed by atoms with Gasteiger partial charge in [-0.3, -0.25) is 0 Å². The second-order valence-electron chi connectivity index (χ2n) is 8.14. The van der Waals surface area contributed by atoms with E-state index in [0.717, 1.165) is 5.56 Å². The molecular weight excluding hydrogens is 465 g/mol. The van der Waals surface area contributed by atoms with E-state index in [1.807, 2.05) is 12.1 Å². The monoisotopic (exact) mass is 505 g/mol. The number of nitriles is 1. The van der Waals surface area contributed by atoms with Crippen molar-refractivity contribution in [3.8, 4) is 6.07 Å². The summed E-state index contributed by atoms with van der Waals surface area (Å²) in [6, 6.07) is 9.54. The zero-order valence-corrected chi connectivity index (χ0v) is 21.7. The Bertz CT molecular complexity index is 639. The molecule has 0 aliphatic heterocycles. The number of hydrogen-bond acceptors (Lipinski definition) is 3. The van der Waals surface area contributed by atoms with E-state index in [0.29, 0.717) is 12.0 Å². The molecule has 0 aliphatic carbocycles. The summed E-state index contributed by atoms with van der Waals surface area (Å²) in [5.41, 5.74) is 1.58. The van der Waals surface area contributed by atoms with Crippen LogP contribution in [0.5, 0.6) is 0 Å². The number of benzene rings is 1. The van der Waals surface area contributed by atoms with Crippen molar-refractivity contribution in [2.75, 3.05) is 0 Å². The van der Waals surface area contributed by atoms with Crippen LogP contribution in [0.2, 0.25) is 13.3 Å². The Morgan fingerprint density at radius 3 is 1.97 bits per heavy atom. The number of hydrogen-bond donors (Lipinski definition) is 0. The first-order chi connectivity index (χ1) is 14.0. The number of ether oxygens (including phenoxy) is 1. The maximum atomic E-state index is 11.6. The average molecular weight is 504 g/mol. The fourth-order valence-corrected chi connectivity index (χ4v) is 18.3. The molecule has 1 rings (SSSR count). The molecule has 0 bridgehead atoms. The van der Waals surface area contributed by atoms with Crippen LogP contribution >= 0.6 is 0 Å². The summed E-state index contributed by atoms with van der Waals surface area (Å²) in [5.74, 6) is -0.259. The molecule has 160 valence electrons. The van der Waals surface area contributed by atoms with Gasteiger partial charge in [-0.15, -0.1) is 0 Å². The molecule has 0 aromatic heterocycles. The van der Waals surface area contributed by atoms with Gasteiger partial charge in [0, 0.05) is 0 Å². The fraction of sp³-hybridized carbons (Fsp3) is 0.600. The molecule has 1 aromatic carbocycles. The molecule has 3 nitrogen and oxygen atoms in total. The van der Waals surface area contributed by atoms with Crippen molar-refractivity contribution in [2.45, 2.75) is 92.1 Å². The van der Waals surface area contributed by atoms with Gasteiger partial charge in [0.15, 0.2) is 0 Å². The van der Waals surface area contributed by atoms with Crippen molar-refractivity contribution in [1.82, 2.24) is 0 Å². The van der Waals surface area contributed by atoms with Gasteiger partial charge in [-0.25, -0.2) is 0 Å². The van der Waals surface area contributed by atoms with Crippen LogP contribution in [-0.4, -0.2) is 24.3 Å². The minimum absolute atomic E-state index is 0.259. The SMILES string of the molecule is CCC[CH2][Sn](/[CH]=C/C[C@H](OC(C)=O)c1ccc(C#N)cc1)([CH2]CCC)[CH2]CCC. The Hall–Kier alpha value is -1.28. The van der Waals surface area contributed by atoms with Crippen LogP contribution in [0.4, 0.5) is 0 Å². The molecule has 0 unspecified atom stereocenters. The van der Waals surface area contributed by atoms with Crippen LogP contribution in [0.25, 0.3) is 0 Å². The van der Waals surface area contributed by atoms with Crippen molar-refractivity contribution in [3.05, 3.63) is 45.6 Å². The van der Waals surface area contributed by atoms with E-state index >= 15 is 0 Å². The first-order valence-electron chi connectivity index (χ1n) is 11.3. The summed E-state index contributed by atoms with van der Waals surface area (Å²) >= 11 is -2.32. The van der Waals surface area contributed by atoms with Crippen LogP contribution in [0.1, 0.15) is 89.9 Å². The number of nitrogens with zero attached hydrogens (tertiary/aromatic N) is 1. The van der Waals surface area contributed by atoms with E-state index in [4.69, 9.17) is 10.00 Å². The van der Waals surface area contributed by atoms with Crippen molar-refractivity contribution in [3.63, 3.8) is 0 Å². The van der Waals surface area contributed by atoms with Crippen LogP contribution in [-0.2, 0) is 9.53 Å². The fourth-order valence-electron chi connectivity index (χ4n) is 3.88. The normalized spacial score (nSPS) is 12.7. The van der Waals surface area contributed by atoms with Gasteiger partial charge in [0.25, 0.3) is 0 Å². The van der Waals surface area contributed by atoms with Crippen LogP contribution in [0.3, 0.4) is 0 Å². The minimum atomic E-state index is -2.32. The Balaban J connectivity index is 3.01. The molecule has 4 heteroatoms. The van der Waals surface area contributed by atoms with Crippen LogP contribution in [0.15, 0.2) is 34.4 Å². The van der Waals surface area contributed by atoms with Gasteiger partial charge in [0.2, 0.25) is 0 Å². The van der Waals surface area contributed by atoms with E-state index in [9.17, 15) is 4.79 Å². The quantitative estimate of drug-likeness (QED) is 0.195. The first kappa shape index (κ1) is 25.8. The second kappa shape index (κ2) is 14.7. The third kappa shape index (κ3) is 9.85. The van der Waals surface area contributed by atoms with Crippen LogP contribution < -0.4 is 0 Å². The topological polar surface area (TPSA) is 50.1 Å². The van der Waals surface area contributed by atoms with Gasteiger partial charge in [-0.05, 0) is 0 Å². The van der Waals surface area contributed by atoms with Gasteiger partial charge in [-0.1, -0.05) is 0 Å². The van der Waals surface area contributed by atoms with Gasteiger partial charge < -0.3 is 0 Å². The van der Waals surface area contributed by atoms with Crippen molar-refractivity contribution >= 4 is 24.3 Å². The van der Waals surface area contributed by atoms with E-state index in [2.05, 4.69) is 37.0 Å². The van der Waals surface area contributed by atoms with Gasteiger partial charge >= 0.3 is 183 Å². The molecule has 0 heterocycles. The van der Waals surface area contributed by atoms with E-state index < -0.39 is 18.4 Å². The number of carbonyl (C=O) groups excluding carboxylic acids is 1. The first-order valence-corrected chi connectivity index (χ1v) is 19.1. The van der Waals surface area contributed by atoms with Gasteiger partial charge in [0.1, 0.15) is 0 Å². The Labute approximate surface area is 182 Å². The summed E-state index contributed by atoms with van der Waals surface area (Å²) in [6.07, 6.45) is 10.6. The van der Waals surface area contributed by atoms with Crippen molar-refractivity contribution in [2.24, 2.45) is 0 Å². The molecule has 0 saturated carbocycles. The summed E-state index contributed by atoms with van der Waals surface area (Å²) in [5, 5.41) is 9.02. The molecule has 0 radical (unpaired) electrons. The molecule has 1 aromatic rings. The van der Waals surface area contributed by atoms with Crippen molar-refractivity contribution in [1.29, 1.82) is 5.26 Å². The standard InChI is InChI=1S/C13H12NO2.3C4H9.Sn/c1-3-4-13(16-10(2)15)12-7-5-11(9-14)6-8-12;3*1-3-4-2;/h1,3,5-8,13H,4H2,2H3;3*1,3-4H2,2H3;/t13-;;;;/m0..../s1. The van der Waals surface area contributed by atoms with E-state index in [1.54, 1.807) is 12.1 Å².